The van der Waals surface area contributed by atoms with E-state index in [-0.39, 0.29) is 18.7 Å². The molecule has 0 amide bonds. The molecule has 0 radical (unpaired) electrons. The van der Waals surface area contributed by atoms with Gasteiger partial charge in [-0.1, -0.05) is 12.1 Å². The first kappa shape index (κ1) is 18.9. The molecule has 1 atom stereocenters. The fourth-order valence-corrected chi connectivity index (χ4v) is 3.14. The van der Waals surface area contributed by atoms with Crippen LogP contribution in [0, 0.1) is 20.8 Å². The van der Waals surface area contributed by atoms with Crippen LogP contribution >= 0.6 is 0 Å². The summed E-state index contributed by atoms with van der Waals surface area (Å²) in [6, 6.07) is 4.02. The Hall–Kier alpha value is -2.87. The number of aliphatic hydroxyl groups excluding tert-OH is 1. The summed E-state index contributed by atoms with van der Waals surface area (Å²) in [7, 11) is 2.98. The van der Waals surface area contributed by atoms with Crippen LogP contribution in [0.2, 0.25) is 0 Å². The van der Waals surface area contributed by atoms with Crippen molar-refractivity contribution in [1.29, 1.82) is 0 Å². The van der Waals surface area contributed by atoms with Gasteiger partial charge < -0.3 is 14.4 Å². The largest absolute Gasteiger partial charge is 0.490 e. The number of ether oxygens (including phenoxy) is 1. The zero-order valence-electron chi connectivity index (χ0n) is 16.2. The van der Waals surface area contributed by atoms with Gasteiger partial charge in [-0.25, -0.2) is 9.78 Å². The number of benzene rings is 1. The Kier molecular flexibility index (Phi) is 4.93. The Balaban J connectivity index is 1.84. The molecule has 27 heavy (non-hydrogen) atoms. The van der Waals surface area contributed by atoms with Gasteiger partial charge in [-0.05, 0) is 37.5 Å². The van der Waals surface area contributed by atoms with E-state index in [2.05, 4.69) is 4.98 Å². The number of fused-ring (bicyclic) bond motifs is 1. The Morgan fingerprint density at radius 2 is 1.78 bits per heavy atom. The van der Waals surface area contributed by atoms with E-state index in [9.17, 15) is 14.7 Å². The third kappa shape index (κ3) is 3.28. The fraction of sp³-hybridized carbons (Fsp3) is 0.421. The van der Waals surface area contributed by atoms with Crippen molar-refractivity contribution in [2.24, 2.45) is 14.1 Å². The van der Waals surface area contributed by atoms with Gasteiger partial charge in [0, 0.05) is 14.1 Å². The molecule has 0 spiro atoms. The standard InChI is InChI=1S/C19H24N4O4/c1-11-6-7-12(2)16(13(11)3)27-9-14(24)8-23-10-20-17-15(23)18(25)22(5)19(26)21(17)4/h6-7,10,14,24H,8-9H2,1-5H3/t14-/m1/s1. The van der Waals surface area contributed by atoms with E-state index in [1.54, 1.807) is 11.6 Å². The highest BCUT2D eigenvalue weighted by atomic mass is 16.5. The number of aryl methyl sites for hydroxylation is 3. The third-order valence-corrected chi connectivity index (χ3v) is 4.92. The minimum Gasteiger partial charge on any atom is -0.490 e. The number of nitrogens with zero attached hydrogens (tertiary/aromatic N) is 4. The van der Waals surface area contributed by atoms with Crippen LogP contribution in [0.25, 0.3) is 11.2 Å². The number of hydrogen-bond donors (Lipinski definition) is 1. The molecule has 0 saturated heterocycles. The molecule has 0 fully saturated rings. The highest BCUT2D eigenvalue weighted by Gasteiger charge is 2.17. The van der Waals surface area contributed by atoms with E-state index < -0.39 is 17.4 Å². The van der Waals surface area contributed by atoms with Crippen LogP contribution in [-0.2, 0) is 20.6 Å². The molecular formula is C19H24N4O4. The topological polar surface area (TPSA) is 91.3 Å². The van der Waals surface area contributed by atoms with Crippen LogP contribution in [0.15, 0.2) is 28.0 Å². The van der Waals surface area contributed by atoms with E-state index in [0.29, 0.717) is 5.65 Å². The Bertz CT molecular complexity index is 1120. The smallest absolute Gasteiger partial charge is 0.332 e. The van der Waals surface area contributed by atoms with Gasteiger partial charge in [0.05, 0.1) is 12.9 Å². The van der Waals surface area contributed by atoms with E-state index >= 15 is 0 Å². The van der Waals surface area contributed by atoms with Crippen molar-refractivity contribution in [3.63, 3.8) is 0 Å². The second-order valence-corrected chi connectivity index (χ2v) is 6.89. The highest BCUT2D eigenvalue weighted by molar-refractivity contribution is 5.69. The molecule has 0 unspecified atom stereocenters. The predicted molar refractivity (Wildman–Crippen MR) is 102 cm³/mol. The fourth-order valence-electron chi connectivity index (χ4n) is 3.14. The van der Waals surface area contributed by atoms with Crippen LogP contribution in [0.1, 0.15) is 16.7 Å². The lowest BCUT2D eigenvalue weighted by atomic mass is 10.1. The van der Waals surface area contributed by atoms with E-state index in [0.717, 1.165) is 27.0 Å². The van der Waals surface area contributed by atoms with Gasteiger partial charge in [-0.3, -0.25) is 13.9 Å². The lowest BCUT2D eigenvalue weighted by molar-refractivity contribution is 0.0926. The summed E-state index contributed by atoms with van der Waals surface area (Å²) in [5.41, 5.74) is 2.86. The molecule has 3 aromatic rings. The highest BCUT2D eigenvalue weighted by Crippen LogP contribution is 2.25. The Morgan fingerprint density at radius 3 is 2.48 bits per heavy atom. The number of hydrogen-bond acceptors (Lipinski definition) is 5. The summed E-state index contributed by atoms with van der Waals surface area (Å²) in [6.45, 7) is 6.17. The van der Waals surface area contributed by atoms with E-state index in [1.807, 2.05) is 32.9 Å². The number of aromatic nitrogens is 4. The molecule has 0 aliphatic rings. The minimum atomic E-state index is -0.844. The quantitative estimate of drug-likeness (QED) is 0.715. The van der Waals surface area contributed by atoms with Crippen molar-refractivity contribution in [2.75, 3.05) is 6.61 Å². The van der Waals surface area contributed by atoms with Gasteiger partial charge in [0.15, 0.2) is 11.2 Å². The monoisotopic (exact) mass is 372 g/mol. The maximum Gasteiger partial charge on any atom is 0.332 e. The Labute approximate surface area is 156 Å². The predicted octanol–water partition coefficient (Wildman–Crippen LogP) is 0.799. The lowest BCUT2D eigenvalue weighted by Gasteiger charge is -2.17. The molecular weight excluding hydrogens is 348 g/mol. The molecule has 2 heterocycles. The summed E-state index contributed by atoms with van der Waals surface area (Å²) < 4.78 is 9.75. The molecule has 1 N–H and O–H groups in total. The maximum atomic E-state index is 12.4. The van der Waals surface area contributed by atoms with Gasteiger partial charge in [0.2, 0.25) is 0 Å². The van der Waals surface area contributed by atoms with Crippen LogP contribution in [0.3, 0.4) is 0 Å². The van der Waals surface area contributed by atoms with Crippen LogP contribution in [0.5, 0.6) is 5.75 Å². The zero-order chi connectivity index (χ0) is 19.9. The SMILES string of the molecule is Cc1ccc(C)c(OC[C@H](O)Cn2cnc3c2c(=O)n(C)c(=O)n3C)c1C. The average molecular weight is 372 g/mol. The van der Waals surface area contributed by atoms with Crippen LogP contribution in [0.4, 0.5) is 0 Å². The van der Waals surface area contributed by atoms with Crippen LogP contribution in [-0.4, -0.2) is 36.5 Å². The second kappa shape index (κ2) is 7.03. The molecule has 8 nitrogen and oxygen atoms in total. The van der Waals surface area contributed by atoms with Crippen LogP contribution < -0.4 is 16.0 Å². The summed E-state index contributed by atoms with van der Waals surface area (Å²) in [5, 5.41) is 10.4. The van der Waals surface area contributed by atoms with E-state index in [4.69, 9.17) is 4.74 Å². The van der Waals surface area contributed by atoms with Crippen molar-refractivity contribution in [3.05, 3.63) is 56.0 Å². The third-order valence-electron chi connectivity index (χ3n) is 4.92. The summed E-state index contributed by atoms with van der Waals surface area (Å²) in [4.78, 5) is 28.6. The molecule has 0 bridgehead atoms. The van der Waals surface area contributed by atoms with Gasteiger partial charge in [0.25, 0.3) is 5.56 Å². The normalized spacial score (nSPS) is 12.5. The second-order valence-electron chi connectivity index (χ2n) is 6.89. The first-order valence-electron chi connectivity index (χ1n) is 8.71. The zero-order valence-corrected chi connectivity index (χ0v) is 16.2. The minimum absolute atomic E-state index is 0.0802. The van der Waals surface area contributed by atoms with Gasteiger partial charge >= 0.3 is 5.69 Å². The van der Waals surface area contributed by atoms with Crippen molar-refractivity contribution in [3.8, 4) is 5.75 Å². The van der Waals surface area contributed by atoms with Gasteiger partial charge in [-0.2, -0.15) is 0 Å². The average Bonchev–Trinajstić information content (AvgIpc) is 3.05. The van der Waals surface area contributed by atoms with E-state index in [1.165, 1.54) is 17.9 Å². The molecule has 144 valence electrons. The van der Waals surface area contributed by atoms with Crippen molar-refractivity contribution >= 4 is 11.2 Å². The maximum absolute atomic E-state index is 12.4. The van der Waals surface area contributed by atoms with Crippen molar-refractivity contribution in [2.45, 2.75) is 33.4 Å². The molecule has 0 aliphatic heterocycles. The number of rotatable bonds is 5. The molecule has 0 saturated carbocycles. The van der Waals surface area contributed by atoms with Gasteiger partial charge in [0.1, 0.15) is 18.5 Å². The molecule has 8 heteroatoms. The molecule has 2 aromatic heterocycles. The molecule has 3 rings (SSSR count). The lowest BCUT2D eigenvalue weighted by Crippen LogP contribution is -2.38. The van der Waals surface area contributed by atoms with Crippen molar-refractivity contribution < 1.29 is 9.84 Å². The Morgan fingerprint density at radius 1 is 1.11 bits per heavy atom. The summed E-state index contributed by atoms with van der Waals surface area (Å²) in [6.07, 6.45) is 0.612. The summed E-state index contributed by atoms with van der Waals surface area (Å²) >= 11 is 0. The first-order chi connectivity index (χ1) is 12.7. The number of imidazole rings is 1. The summed E-state index contributed by atoms with van der Waals surface area (Å²) in [5.74, 6) is 0.767. The number of aliphatic hydroxyl groups is 1. The first-order valence-corrected chi connectivity index (χ1v) is 8.71. The molecule has 1 aromatic carbocycles. The van der Waals surface area contributed by atoms with Gasteiger partial charge in [-0.15, -0.1) is 0 Å². The molecule has 0 aliphatic carbocycles. The van der Waals surface area contributed by atoms with Crippen molar-refractivity contribution in [1.82, 2.24) is 18.7 Å².